The summed E-state index contributed by atoms with van der Waals surface area (Å²) in [6, 6.07) is 36.8. The molecule has 0 aromatic heterocycles. The van der Waals surface area contributed by atoms with E-state index in [2.05, 4.69) is 12.1 Å². The number of rotatable bonds is 13. The smallest absolute Gasteiger partial charge is 0.345 e. The predicted molar refractivity (Wildman–Crippen MR) is 184 cm³/mol. The Morgan fingerprint density at radius 3 is 1.22 bits per heavy atom. The highest BCUT2D eigenvalue weighted by Crippen LogP contribution is 2.33. The molecule has 0 N–H and O–H groups in total. The molecular formula is C40H37F2O6S+. The van der Waals surface area contributed by atoms with E-state index >= 15 is 0 Å². The summed E-state index contributed by atoms with van der Waals surface area (Å²) in [5, 5.41) is 0. The molecule has 0 spiro atoms. The zero-order valence-electron chi connectivity index (χ0n) is 27.7. The average Bonchev–Trinajstić information content (AvgIpc) is 3.08. The molecule has 0 amide bonds. The first kappa shape index (κ1) is 35.2. The molecule has 49 heavy (non-hydrogen) atoms. The van der Waals surface area contributed by atoms with Gasteiger partial charge in [-0.1, -0.05) is 42.5 Å². The van der Waals surface area contributed by atoms with E-state index in [1.807, 2.05) is 66.7 Å². The van der Waals surface area contributed by atoms with Gasteiger partial charge in [0.15, 0.2) is 27.9 Å². The third-order valence-electron chi connectivity index (χ3n) is 7.63. The summed E-state index contributed by atoms with van der Waals surface area (Å²) >= 11 is 0. The molecule has 5 aromatic rings. The number of halogens is 2. The summed E-state index contributed by atoms with van der Waals surface area (Å²) in [6.07, 6.45) is 0. The molecule has 0 aliphatic carbocycles. The van der Waals surface area contributed by atoms with Crippen LogP contribution in [0.4, 0.5) is 8.78 Å². The number of carbonyl (C=O) groups excluding carboxylic acids is 2. The van der Waals surface area contributed by atoms with Gasteiger partial charge < -0.3 is 18.9 Å². The van der Waals surface area contributed by atoms with Crippen molar-refractivity contribution < 1.29 is 37.3 Å². The Morgan fingerprint density at radius 1 is 0.510 bits per heavy atom. The van der Waals surface area contributed by atoms with Crippen LogP contribution in [0, 0.1) is 11.6 Å². The van der Waals surface area contributed by atoms with E-state index < -0.39 is 34.0 Å². The molecule has 0 atom stereocenters. The maximum absolute atomic E-state index is 13.3. The molecule has 0 radical (unpaired) electrons. The predicted octanol–water partition coefficient (Wildman–Crippen LogP) is 8.77. The molecule has 0 saturated carbocycles. The SMILES string of the molecule is CC(C)(OC(=O)COc1ccc([S+](c2ccccc2)c2ccc(OCC(=O)OC(C)(C)c3ccc(F)cc3)cc2)cc1)c1ccc(F)cc1. The van der Waals surface area contributed by atoms with Gasteiger partial charge in [-0.2, -0.15) is 0 Å². The lowest BCUT2D eigenvalue weighted by Crippen LogP contribution is -2.28. The first-order valence-corrected chi connectivity index (χ1v) is 16.8. The Bertz CT molecular complexity index is 1720. The third kappa shape index (κ3) is 9.48. The highest BCUT2D eigenvalue weighted by atomic mass is 32.2. The van der Waals surface area contributed by atoms with Gasteiger partial charge in [0.2, 0.25) is 0 Å². The normalized spacial score (nSPS) is 11.6. The molecule has 0 fully saturated rings. The molecule has 5 aromatic carbocycles. The molecule has 0 saturated heterocycles. The van der Waals surface area contributed by atoms with E-state index in [0.29, 0.717) is 22.6 Å². The van der Waals surface area contributed by atoms with Gasteiger partial charge in [-0.05, 0) is 124 Å². The van der Waals surface area contributed by atoms with E-state index in [9.17, 15) is 18.4 Å². The minimum absolute atomic E-state index is 0.285. The number of hydrogen-bond acceptors (Lipinski definition) is 6. The zero-order chi connectivity index (χ0) is 35.0. The van der Waals surface area contributed by atoms with Crippen molar-refractivity contribution in [2.24, 2.45) is 0 Å². The van der Waals surface area contributed by atoms with Crippen molar-refractivity contribution in [2.75, 3.05) is 13.2 Å². The standard InChI is InChI=1S/C40H37F2O6S/c1-39(2,28-10-14-30(41)15-11-28)47-37(43)26-45-32-18-22-35(23-19-32)49(34-8-6-5-7-9-34)36-24-20-33(21-25-36)46-27-38(44)48-40(3,4)29-12-16-31(42)17-13-29/h5-25H,26-27H2,1-4H3/q+1. The maximum Gasteiger partial charge on any atom is 0.345 e. The summed E-state index contributed by atoms with van der Waals surface area (Å²) in [7, 11) is -0.477. The van der Waals surface area contributed by atoms with Crippen molar-refractivity contribution in [2.45, 2.75) is 53.6 Å². The van der Waals surface area contributed by atoms with Crippen LogP contribution in [0.25, 0.3) is 0 Å². The molecule has 0 bridgehead atoms. The maximum atomic E-state index is 13.3. The fourth-order valence-electron chi connectivity index (χ4n) is 5.04. The number of esters is 2. The second-order valence-electron chi connectivity index (χ2n) is 12.1. The monoisotopic (exact) mass is 683 g/mol. The van der Waals surface area contributed by atoms with Crippen molar-refractivity contribution in [1.82, 2.24) is 0 Å². The average molecular weight is 684 g/mol. The third-order valence-corrected chi connectivity index (χ3v) is 9.86. The summed E-state index contributed by atoms with van der Waals surface area (Å²) in [5.41, 5.74) is -0.560. The molecule has 0 heterocycles. The minimum Gasteiger partial charge on any atom is -0.482 e. The lowest BCUT2D eigenvalue weighted by Gasteiger charge is -2.25. The van der Waals surface area contributed by atoms with Crippen LogP contribution in [0.2, 0.25) is 0 Å². The Balaban J connectivity index is 1.21. The van der Waals surface area contributed by atoms with Gasteiger partial charge in [0.25, 0.3) is 0 Å². The van der Waals surface area contributed by atoms with Crippen LogP contribution >= 0.6 is 0 Å². The lowest BCUT2D eigenvalue weighted by molar-refractivity contribution is -0.160. The number of carbonyl (C=O) groups is 2. The van der Waals surface area contributed by atoms with Gasteiger partial charge in [0.1, 0.15) is 34.3 Å². The highest BCUT2D eigenvalue weighted by Gasteiger charge is 2.30. The molecule has 5 rings (SSSR count). The molecule has 0 aliphatic rings. The molecule has 0 unspecified atom stereocenters. The molecule has 9 heteroatoms. The van der Waals surface area contributed by atoms with Crippen molar-refractivity contribution >= 4 is 22.8 Å². The van der Waals surface area contributed by atoms with Crippen LogP contribution in [0.3, 0.4) is 0 Å². The Kier molecular flexibility index (Phi) is 11.0. The summed E-state index contributed by atoms with van der Waals surface area (Å²) in [6.45, 7) is 6.39. The van der Waals surface area contributed by atoms with Gasteiger partial charge in [-0.15, -0.1) is 0 Å². The Hall–Kier alpha value is -5.15. The second kappa shape index (κ2) is 15.4. The summed E-state index contributed by atoms with van der Waals surface area (Å²) in [5.74, 6) is -0.799. The first-order chi connectivity index (χ1) is 23.4. The fraction of sp³-hybridized carbons (Fsp3) is 0.200. The van der Waals surface area contributed by atoms with E-state index in [0.717, 1.165) is 14.7 Å². The first-order valence-electron chi connectivity index (χ1n) is 15.6. The topological polar surface area (TPSA) is 71.1 Å². The second-order valence-corrected chi connectivity index (χ2v) is 14.1. The number of hydrogen-bond donors (Lipinski definition) is 0. The van der Waals surface area contributed by atoms with E-state index in [-0.39, 0.29) is 24.8 Å². The summed E-state index contributed by atoms with van der Waals surface area (Å²) in [4.78, 5) is 28.3. The van der Waals surface area contributed by atoms with Crippen molar-refractivity contribution in [3.63, 3.8) is 0 Å². The Morgan fingerprint density at radius 2 is 0.857 bits per heavy atom. The fourth-order valence-corrected chi connectivity index (χ4v) is 7.10. The molecule has 0 aliphatic heterocycles. The molecule has 252 valence electrons. The summed E-state index contributed by atoms with van der Waals surface area (Å²) < 4.78 is 49.3. The van der Waals surface area contributed by atoms with Gasteiger partial charge in [-0.25, -0.2) is 18.4 Å². The van der Waals surface area contributed by atoms with Crippen LogP contribution in [0.1, 0.15) is 38.8 Å². The highest BCUT2D eigenvalue weighted by molar-refractivity contribution is 7.97. The van der Waals surface area contributed by atoms with Crippen molar-refractivity contribution in [3.05, 3.63) is 150 Å². The van der Waals surface area contributed by atoms with Crippen molar-refractivity contribution in [3.8, 4) is 11.5 Å². The van der Waals surface area contributed by atoms with Gasteiger partial charge in [0, 0.05) is 0 Å². The van der Waals surface area contributed by atoms with Crippen LogP contribution in [-0.4, -0.2) is 25.2 Å². The van der Waals surface area contributed by atoms with Gasteiger partial charge in [-0.3, -0.25) is 0 Å². The number of ether oxygens (including phenoxy) is 4. The van der Waals surface area contributed by atoms with Crippen molar-refractivity contribution in [1.29, 1.82) is 0 Å². The number of benzene rings is 5. The van der Waals surface area contributed by atoms with E-state index in [1.165, 1.54) is 24.3 Å². The van der Waals surface area contributed by atoms with Crippen LogP contribution in [-0.2, 0) is 41.2 Å². The lowest BCUT2D eigenvalue weighted by atomic mass is 9.98. The molecular weight excluding hydrogens is 646 g/mol. The quantitative estimate of drug-likeness (QED) is 0.0913. The van der Waals surface area contributed by atoms with Crippen LogP contribution in [0.5, 0.6) is 11.5 Å². The van der Waals surface area contributed by atoms with Gasteiger partial charge in [0.05, 0.1) is 10.9 Å². The largest absolute Gasteiger partial charge is 0.482 e. The zero-order valence-corrected chi connectivity index (χ0v) is 28.5. The minimum atomic E-state index is -0.950. The van der Waals surface area contributed by atoms with Crippen LogP contribution in [0.15, 0.2) is 142 Å². The van der Waals surface area contributed by atoms with E-state index in [4.69, 9.17) is 18.9 Å². The molecule has 6 nitrogen and oxygen atoms in total. The van der Waals surface area contributed by atoms with Gasteiger partial charge >= 0.3 is 11.9 Å². The Labute approximate surface area is 288 Å². The van der Waals surface area contributed by atoms with E-state index in [1.54, 1.807) is 52.0 Å². The van der Waals surface area contributed by atoms with Crippen LogP contribution < -0.4 is 9.47 Å².